The Kier molecular flexibility index (Phi) is 11.7. The van der Waals surface area contributed by atoms with E-state index in [1.54, 1.807) is 27.0 Å². The van der Waals surface area contributed by atoms with Crippen molar-refractivity contribution in [3.05, 3.63) is 42.6 Å². The standard InChI is InChI=1S/C40H55N5O9S/c1-7-18-52-32-22-41-35(30-15-11-10-14-29(30)32)53-27-20-31-34(46)43-40(37(48)44-55(50,51)28-16-17-28)21-26(40)13-9-8-12-24(2)19-25(3)33(36(47)45(31)23-27)42-38(49)54-39(4,5)6/h9-11,13-15,22,24-28,31,33H,7-8,12,16-21,23H2,1-6H3,(H,42,49)(H,43,46)(H,44,48)/b13-9-/t24-,25+,26?,27+,31-,33-,40+/m0/s1. The molecule has 0 spiro atoms. The number of sulfonamides is 1. The van der Waals surface area contributed by atoms with E-state index >= 15 is 0 Å². The van der Waals surface area contributed by atoms with Gasteiger partial charge in [-0.3, -0.25) is 19.1 Å². The minimum Gasteiger partial charge on any atom is -0.491 e. The molecule has 1 unspecified atom stereocenters. The fraction of sp³-hybridized carbons (Fsp3) is 0.625. The number of rotatable bonds is 9. The number of nitrogens with one attached hydrogen (secondary N) is 3. The normalized spacial score (nSPS) is 29.5. The number of hydrogen-bond acceptors (Lipinski definition) is 10. The Bertz CT molecular complexity index is 1930. The van der Waals surface area contributed by atoms with E-state index in [1.165, 1.54) is 4.90 Å². The van der Waals surface area contributed by atoms with Gasteiger partial charge in [-0.15, -0.1) is 0 Å². The lowest BCUT2D eigenvalue weighted by Crippen LogP contribution is -2.59. The molecule has 7 atom stereocenters. The van der Waals surface area contributed by atoms with Gasteiger partial charge in [0.2, 0.25) is 27.7 Å². The summed E-state index contributed by atoms with van der Waals surface area (Å²) in [5.41, 5.74) is -2.33. The Morgan fingerprint density at radius 1 is 1.07 bits per heavy atom. The fourth-order valence-electron chi connectivity index (χ4n) is 7.65. The topological polar surface area (TPSA) is 182 Å². The molecule has 2 aliphatic heterocycles. The summed E-state index contributed by atoms with van der Waals surface area (Å²) in [7, 11) is -3.90. The predicted octanol–water partition coefficient (Wildman–Crippen LogP) is 4.76. The third kappa shape index (κ3) is 9.36. The number of amides is 4. The molecule has 6 rings (SSSR count). The molecule has 3 fully saturated rings. The van der Waals surface area contributed by atoms with Gasteiger partial charge in [0.05, 0.1) is 24.6 Å². The zero-order valence-corrected chi connectivity index (χ0v) is 33.4. The van der Waals surface area contributed by atoms with Crippen LogP contribution in [0, 0.1) is 17.8 Å². The summed E-state index contributed by atoms with van der Waals surface area (Å²) in [6.07, 6.45) is 8.04. The van der Waals surface area contributed by atoms with Crippen LogP contribution in [0.3, 0.4) is 0 Å². The van der Waals surface area contributed by atoms with Gasteiger partial charge in [0.15, 0.2) is 0 Å². The lowest BCUT2D eigenvalue weighted by molar-refractivity contribution is -0.142. The maximum Gasteiger partial charge on any atom is 0.408 e. The molecule has 3 N–H and O–H groups in total. The van der Waals surface area contributed by atoms with E-state index in [4.69, 9.17) is 14.2 Å². The van der Waals surface area contributed by atoms with Crippen LogP contribution in [-0.4, -0.2) is 89.8 Å². The number of fused-ring (bicyclic) bond motifs is 3. The minimum atomic E-state index is -3.90. The van der Waals surface area contributed by atoms with Gasteiger partial charge in [-0.1, -0.05) is 51.1 Å². The van der Waals surface area contributed by atoms with Crippen LogP contribution in [0.25, 0.3) is 10.8 Å². The summed E-state index contributed by atoms with van der Waals surface area (Å²) in [6, 6.07) is 5.36. The summed E-state index contributed by atoms with van der Waals surface area (Å²) in [4.78, 5) is 62.2. The van der Waals surface area contributed by atoms with Gasteiger partial charge in [0.1, 0.15) is 35.1 Å². The second-order valence-corrected chi connectivity index (χ2v) is 18.7. The van der Waals surface area contributed by atoms with Crippen molar-refractivity contribution in [1.82, 2.24) is 25.2 Å². The van der Waals surface area contributed by atoms with Gasteiger partial charge < -0.3 is 29.7 Å². The molecule has 300 valence electrons. The van der Waals surface area contributed by atoms with E-state index in [2.05, 4.69) is 27.3 Å². The molecule has 1 saturated heterocycles. The Morgan fingerprint density at radius 2 is 1.80 bits per heavy atom. The van der Waals surface area contributed by atoms with Crippen molar-refractivity contribution >= 4 is 44.6 Å². The number of pyridine rings is 1. The molecule has 14 nitrogen and oxygen atoms in total. The van der Waals surface area contributed by atoms with E-state index in [1.807, 2.05) is 50.3 Å². The first-order chi connectivity index (χ1) is 26.0. The van der Waals surface area contributed by atoms with Gasteiger partial charge in [-0.25, -0.2) is 18.2 Å². The fourth-order valence-corrected chi connectivity index (χ4v) is 9.02. The molecule has 2 aromatic rings. The summed E-state index contributed by atoms with van der Waals surface area (Å²) in [5.74, 6) is -1.61. The molecular formula is C40H55N5O9S. The molecule has 2 saturated carbocycles. The van der Waals surface area contributed by atoms with Crippen LogP contribution >= 0.6 is 0 Å². The van der Waals surface area contributed by atoms with Crippen molar-refractivity contribution in [3.63, 3.8) is 0 Å². The highest BCUT2D eigenvalue weighted by atomic mass is 32.2. The number of ether oxygens (including phenoxy) is 3. The van der Waals surface area contributed by atoms with Crippen molar-refractivity contribution in [2.45, 2.75) is 127 Å². The number of aromatic nitrogens is 1. The van der Waals surface area contributed by atoms with Crippen LogP contribution in [-0.2, 0) is 29.1 Å². The zero-order valence-electron chi connectivity index (χ0n) is 32.6. The molecule has 0 bridgehead atoms. The highest BCUT2D eigenvalue weighted by Gasteiger charge is 2.62. The summed E-state index contributed by atoms with van der Waals surface area (Å²) >= 11 is 0. The molecule has 1 aromatic carbocycles. The maximum absolute atomic E-state index is 14.8. The number of hydrogen-bond donors (Lipinski definition) is 3. The lowest BCUT2D eigenvalue weighted by Gasteiger charge is -2.33. The van der Waals surface area contributed by atoms with Crippen LogP contribution in [0.1, 0.15) is 92.9 Å². The van der Waals surface area contributed by atoms with E-state index in [0.717, 1.165) is 18.2 Å². The molecule has 2 aliphatic carbocycles. The van der Waals surface area contributed by atoms with Crippen molar-refractivity contribution in [2.75, 3.05) is 13.2 Å². The summed E-state index contributed by atoms with van der Waals surface area (Å²) in [5, 5.41) is 6.58. The third-order valence-corrected chi connectivity index (χ3v) is 12.6. The highest BCUT2D eigenvalue weighted by molar-refractivity contribution is 7.91. The van der Waals surface area contributed by atoms with Crippen LogP contribution in [0.4, 0.5) is 4.79 Å². The molecule has 55 heavy (non-hydrogen) atoms. The number of alkyl carbamates (subject to hydrolysis) is 1. The van der Waals surface area contributed by atoms with E-state index in [0.29, 0.717) is 49.3 Å². The van der Waals surface area contributed by atoms with Crippen LogP contribution in [0.5, 0.6) is 11.6 Å². The van der Waals surface area contributed by atoms with Crippen LogP contribution in [0.15, 0.2) is 42.6 Å². The maximum atomic E-state index is 14.8. The zero-order chi connectivity index (χ0) is 39.7. The number of allylic oxidation sites excluding steroid dienone is 1. The SMILES string of the molecule is CCCOc1cnc(O[C@@H]2C[C@H]3C(=O)N[C@]4(C(=O)NS(=O)(=O)C5CC5)CC4/C=C\CC[C@H](C)C[C@@H](C)[C@H](NC(=O)OC(C)(C)C)C(=O)N3C2)c2ccccc12. The summed E-state index contributed by atoms with van der Waals surface area (Å²) < 4.78 is 46.0. The largest absolute Gasteiger partial charge is 0.491 e. The molecule has 0 radical (unpaired) electrons. The summed E-state index contributed by atoms with van der Waals surface area (Å²) in [6.45, 7) is 11.7. The van der Waals surface area contributed by atoms with Gasteiger partial charge in [-0.05, 0) is 83.6 Å². The van der Waals surface area contributed by atoms with E-state index in [9.17, 15) is 27.6 Å². The number of nitrogens with zero attached hydrogens (tertiary/aromatic N) is 2. The Balaban J connectivity index is 1.34. The van der Waals surface area contributed by atoms with E-state index in [-0.39, 0.29) is 31.2 Å². The first-order valence-electron chi connectivity index (χ1n) is 19.5. The van der Waals surface area contributed by atoms with Crippen molar-refractivity contribution in [1.29, 1.82) is 0 Å². The quantitative estimate of drug-likeness (QED) is 0.300. The van der Waals surface area contributed by atoms with Crippen molar-refractivity contribution in [2.24, 2.45) is 17.8 Å². The molecule has 4 amide bonds. The van der Waals surface area contributed by atoms with Gasteiger partial charge >= 0.3 is 6.09 Å². The Labute approximate surface area is 323 Å². The third-order valence-electron chi connectivity index (χ3n) is 10.8. The first-order valence-corrected chi connectivity index (χ1v) is 21.1. The average molecular weight is 782 g/mol. The van der Waals surface area contributed by atoms with Gasteiger partial charge in [0.25, 0.3) is 5.91 Å². The smallest absolute Gasteiger partial charge is 0.408 e. The van der Waals surface area contributed by atoms with Gasteiger partial charge in [0, 0.05) is 23.1 Å². The predicted molar refractivity (Wildman–Crippen MR) is 206 cm³/mol. The van der Waals surface area contributed by atoms with Gasteiger partial charge in [-0.2, -0.15) is 0 Å². The minimum absolute atomic E-state index is 0.0195. The molecule has 4 aliphatic rings. The van der Waals surface area contributed by atoms with Crippen LogP contribution < -0.4 is 24.8 Å². The number of benzene rings is 1. The number of carbonyl (C=O) groups excluding carboxylic acids is 4. The molecular weight excluding hydrogens is 727 g/mol. The average Bonchev–Trinajstić information content (AvgIpc) is 4.04. The first kappa shape index (κ1) is 40.3. The Hall–Kier alpha value is -4.40. The van der Waals surface area contributed by atoms with E-state index < -0.39 is 74.3 Å². The lowest BCUT2D eigenvalue weighted by atomic mass is 9.88. The van der Waals surface area contributed by atoms with Crippen molar-refractivity contribution in [3.8, 4) is 11.6 Å². The van der Waals surface area contributed by atoms with Crippen LogP contribution in [0.2, 0.25) is 0 Å². The highest BCUT2D eigenvalue weighted by Crippen LogP contribution is 2.46. The molecule has 1 aromatic heterocycles. The molecule has 15 heteroatoms. The monoisotopic (exact) mass is 781 g/mol. The second-order valence-electron chi connectivity index (χ2n) is 16.7. The van der Waals surface area contributed by atoms with Crippen molar-refractivity contribution < 1.29 is 41.8 Å². The molecule has 3 heterocycles. The Morgan fingerprint density at radius 3 is 2.49 bits per heavy atom. The number of carbonyl (C=O) groups is 4. The second kappa shape index (κ2) is 16.0.